The zero-order valence-corrected chi connectivity index (χ0v) is 15.1. The number of benzene rings is 1. The first kappa shape index (κ1) is 17.5. The Morgan fingerprint density at radius 3 is 2.70 bits per heavy atom. The van der Waals surface area contributed by atoms with E-state index < -0.39 is 17.5 Å². The molecule has 0 aliphatic carbocycles. The molecule has 0 unspecified atom stereocenters. The lowest BCUT2D eigenvalue weighted by molar-refractivity contribution is 0.0635. The first-order valence-electron chi connectivity index (χ1n) is 7.23. The van der Waals surface area contributed by atoms with E-state index in [-0.39, 0.29) is 5.69 Å². The molecule has 0 atom stereocenters. The smallest absolute Gasteiger partial charge is 0.412 e. The van der Waals surface area contributed by atoms with E-state index in [1.165, 1.54) is 6.07 Å². The van der Waals surface area contributed by atoms with E-state index in [2.05, 4.69) is 26.3 Å². The van der Waals surface area contributed by atoms with Crippen LogP contribution in [0.2, 0.25) is 0 Å². The average Bonchev–Trinajstić information content (AvgIpc) is 2.80. The number of hydrogen-bond acceptors (Lipinski definition) is 3. The minimum absolute atomic E-state index is 0.0506. The van der Waals surface area contributed by atoms with E-state index in [4.69, 9.17) is 4.74 Å². The number of aromatic nitrogens is 2. The van der Waals surface area contributed by atoms with Crippen LogP contribution in [-0.4, -0.2) is 21.5 Å². The minimum Gasteiger partial charge on any atom is -0.444 e. The van der Waals surface area contributed by atoms with E-state index in [0.717, 1.165) is 0 Å². The summed E-state index contributed by atoms with van der Waals surface area (Å²) in [7, 11) is 0. The van der Waals surface area contributed by atoms with Gasteiger partial charge in [0.15, 0.2) is 5.82 Å². The third-order valence-corrected chi connectivity index (χ3v) is 3.51. The van der Waals surface area contributed by atoms with Crippen LogP contribution in [-0.2, 0) is 11.3 Å². The molecule has 7 heteroatoms. The zero-order valence-electron chi connectivity index (χ0n) is 13.5. The lowest BCUT2D eigenvalue weighted by Crippen LogP contribution is -2.27. The van der Waals surface area contributed by atoms with Gasteiger partial charge in [-0.05, 0) is 55.8 Å². The summed E-state index contributed by atoms with van der Waals surface area (Å²) in [6.45, 7) is 7.85. The predicted molar refractivity (Wildman–Crippen MR) is 90.9 cm³/mol. The molecule has 23 heavy (non-hydrogen) atoms. The number of halogens is 2. The summed E-state index contributed by atoms with van der Waals surface area (Å²) in [6.07, 6.45) is 1.08. The standard InChI is InChI=1S/C16H19BrFN3O2/c1-5-21-9-11(17)14(20-21)10-7-6-8-12(13(10)18)19-15(22)23-16(2,3)4/h6-9H,5H2,1-4H3,(H,19,22). The molecule has 1 amide bonds. The maximum absolute atomic E-state index is 14.7. The number of rotatable bonds is 3. The van der Waals surface area contributed by atoms with E-state index in [1.807, 2.05) is 6.92 Å². The highest BCUT2D eigenvalue weighted by Crippen LogP contribution is 2.32. The summed E-state index contributed by atoms with van der Waals surface area (Å²) in [4.78, 5) is 11.8. The number of nitrogens with one attached hydrogen (secondary N) is 1. The molecule has 1 aromatic heterocycles. The Morgan fingerprint density at radius 2 is 2.13 bits per heavy atom. The highest BCUT2D eigenvalue weighted by molar-refractivity contribution is 9.10. The molecular formula is C16H19BrFN3O2. The molecule has 1 N–H and O–H groups in total. The Hall–Kier alpha value is -1.89. The average molecular weight is 384 g/mol. The molecule has 0 saturated carbocycles. The number of carbonyl (C=O) groups excluding carboxylic acids is 1. The SMILES string of the molecule is CCn1cc(Br)c(-c2cccc(NC(=O)OC(C)(C)C)c2F)n1. The molecule has 1 heterocycles. The zero-order chi connectivity index (χ0) is 17.2. The molecule has 0 aliphatic heterocycles. The van der Waals surface area contributed by atoms with Crippen LogP contribution in [0, 0.1) is 5.82 Å². The van der Waals surface area contributed by atoms with Gasteiger partial charge in [-0.1, -0.05) is 6.07 Å². The van der Waals surface area contributed by atoms with Crippen molar-refractivity contribution in [3.63, 3.8) is 0 Å². The molecule has 2 aromatic rings. The summed E-state index contributed by atoms with van der Waals surface area (Å²) in [5.74, 6) is -0.555. The molecule has 0 bridgehead atoms. The van der Waals surface area contributed by atoms with Crippen molar-refractivity contribution in [2.45, 2.75) is 39.8 Å². The van der Waals surface area contributed by atoms with Gasteiger partial charge in [0.1, 0.15) is 11.3 Å². The second-order valence-electron chi connectivity index (χ2n) is 5.98. The number of carbonyl (C=O) groups is 1. The Kier molecular flexibility index (Phi) is 5.09. The highest BCUT2D eigenvalue weighted by atomic mass is 79.9. The number of amides is 1. The molecule has 5 nitrogen and oxygen atoms in total. The molecule has 0 saturated heterocycles. The second kappa shape index (κ2) is 6.70. The van der Waals surface area contributed by atoms with E-state index in [1.54, 1.807) is 43.8 Å². The van der Waals surface area contributed by atoms with Crippen LogP contribution in [0.4, 0.5) is 14.9 Å². The minimum atomic E-state index is -0.702. The van der Waals surface area contributed by atoms with Crippen molar-refractivity contribution < 1.29 is 13.9 Å². The van der Waals surface area contributed by atoms with Gasteiger partial charge in [0.2, 0.25) is 0 Å². The number of aryl methyl sites for hydroxylation is 1. The largest absolute Gasteiger partial charge is 0.444 e. The van der Waals surface area contributed by atoms with Crippen molar-refractivity contribution in [2.75, 3.05) is 5.32 Å². The van der Waals surface area contributed by atoms with Crippen LogP contribution >= 0.6 is 15.9 Å². The first-order valence-corrected chi connectivity index (χ1v) is 8.02. The van der Waals surface area contributed by atoms with E-state index in [9.17, 15) is 9.18 Å². The first-order chi connectivity index (χ1) is 10.7. The Labute approximate surface area is 143 Å². The summed E-state index contributed by atoms with van der Waals surface area (Å²) >= 11 is 3.38. The van der Waals surface area contributed by atoms with E-state index in [0.29, 0.717) is 22.3 Å². The van der Waals surface area contributed by atoms with Gasteiger partial charge < -0.3 is 4.74 Å². The van der Waals surface area contributed by atoms with Gasteiger partial charge in [0.05, 0.1) is 10.2 Å². The quantitative estimate of drug-likeness (QED) is 0.826. The lowest BCUT2D eigenvalue weighted by Gasteiger charge is -2.20. The second-order valence-corrected chi connectivity index (χ2v) is 6.83. The molecule has 0 fully saturated rings. The van der Waals surface area contributed by atoms with Gasteiger partial charge >= 0.3 is 6.09 Å². The maximum atomic E-state index is 14.7. The number of ether oxygens (including phenoxy) is 1. The van der Waals surface area contributed by atoms with Gasteiger partial charge in [-0.25, -0.2) is 9.18 Å². The van der Waals surface area contributed by atoms with E-state index >= 15 is 0 Å². The van der Waals surface area contributed by atoms with Crippen molar-refractivity contribution in [1.82, 2.24) is 9.78 Å². The van der Waals surface area contributed by atoms with Crippen LogP contribution in [0.15, 0.2) is 28.9 Å². The molecule has 124 valence electrons. The van der Waals surface area contributed by atoms with Gasteiger partial charge in [0, 0.05) is 18.3 Å². The molecule has 0 spiro atoms. The maximum Gasteiger partial charge on any atom is 0.412 e. The number of hydrogen-bond donors (Lipinski definition) is 1. The predicted octanol–water partition coefficient (Wildman–Crippen LogP) is 4.82. The van der Waals surface area contributed by atoms with Crippen molar-refractivity contribution in [1.29, 1.82) is 0 Å². The molecular weight excluding hydrogens is 365 g/mol. The number of nitrogens with zero attached hydrogens (tertiary/aromatic N) is 2. The van der Waals surface area contributed by atoms with Gasteiger partial charge in [-0.2, -0.15) is 5.10 Å². The summed E-state index contributed by atoms with van der Waals surface area (Å²) in [5.41, 5.74) is 0.186. The molecule has 0 aliphatic rings. The summed E-state index contributed by atoms with van der Waals surface area (Å²) in [6, 6.07) is 4.75. The highest BCUT2D eigenvalue weighted by Gasteiger charge is 2.20. The molecule has 1 aromatic carbocycles. The fourth-order valence-corrected chi connectivity index (χ4v) is 2.50. The van der Waals surface area contributed by atoms with Crippen LogP contribution in [0.1, 0.15) is 27.7 Å². The summed E-state index contributed by atoms with van der Waals surface area (Å²) in [5, 5.41) is 6.76. The van der Waals surface area contributed by atoms with Crippen LogP contribution in [0.3, 0.4) is 0 Å². The summed E-state index contributed by atoms with van der Waals surface area (Å²) < 4.78 is 22.2. The van der Waals surface area contributed by atoms with Gasteiger partial charge in [0.25, 0.3) is 0 Å². The van der Waals surface area contributed by atoms with Crippen molar-refractivity contribution in [3.8, 4) is 11.3 Å². The third-order valence-electron chi connectivity index (χ3n) is 2.93. The number of anilines is 1. The Bertz CT molecular complexity index is 723. The fourth-order valence-electron chi connectivity index (χ4n) is 1.97. The van der Waals surface area contributed by atoms with Gasteiger partial charge in [-0.15, -0.1) is 0 Å². The monoisotopic (exact) mass is 383 g/mol. The Morgan fingerprint density at radius 1 is 1.43 bits per heavy atom. The molecule has 0 radical (unpaired) electrons. The van der Waals surface area contributed by atoms with Gasteiger partial charge in [-0.3, -0.25) is 10.00 Å². The fraction of sp³-hybridized carbons (Fsp3) is 0.375. The van der Waals surface area contributed by atoms with Crippen LogP contribution in [0.25, 0.3) is 11.3 Å². The lowest BCUT2D eigenvalue weighted by atomic mass is 10.1. The van der Waals surface area contributed by atoms with Crippen molar-refractivity contribution in [2.24, 2.45) is 0 Å². The van der Waals surface area contributed by atoms with Crippen LogP contribution in [0.5, 0.6) is 0 Å². The van der Waals surface area contributed by atoms with Crippen molar-refractivity contribution in [3.05, 3.63) is 34.7 Å². The molecule has 2 rings (SSSR count). The third kappa shape index (κ3) is 4.31. The Balaban J connectivity index is 2.31. The normalized spacial score (nSPS) is 11.4. The topological polar surface area (TPSA) is 56.2 Å². The van der Waals surface area contributed by atoms with Crippen molar-refractivity contribution >= 4 is 27.7 Å². The van der Waals surface area contributed by atoms with Crippen LogP contribution < -0.4 is 5.32 Å².